The Morgan fingerprint density at radius 3 is 2.35 bits per heavy atom. The number of rotatable bonds is 14. The lowest BCUT2D eigenvalue weighted by molar-refractivity contribution is -0.137. The van der Waals surface area contributed by atoms with Gasteiger partial charge in [0, 0.05) is 22.5 Å². The maximum atomic E-state index is 12.5. The lowest BCUT2D eigenvalue weighted by atomic mass is 10.0. The third kappa shape index (κ3) is 7.62. The molecule has 7 heteroatoms. The lowest BCUT2D eigenvalue weighted by Gasteiger charge is -2.14. The molecule has 0 fully saturated rings. The normalized spacial score (nSPS) is 11.0. The van der Waals surface area contributed by atoms with Crippen LogP contribution in [0.2, 0.25) is 0 Å². The minimum atomic E-state index is -0.923. The number of aliphatic carboxylic acids is 1. The summed E-state index contributed by atoms with van der Waals surface area (Å²) in [5.41, 5.74) is 1.23. The molecule has 1 aromatic heterocycles. The highest BCUT2D eigenvalue weighted by molar-refractivity contribution is 9.10. The van der Waals surface area contributed by atoms with Crippen LogP contribution in [0, 0.1) is 0 Å². The standard InChI is InChI=1S/C27H31BrO6/c1-2-7-23-25(14-13-22-24(29)18-21(34-27(22)23)12-15-26(30)31)33-17-6-4-3-5-16-32-20-10-8-19(28)9-11-20/h8-11,13-14,18H,2-7,12,15-17H2,1H3,(H,30,31). The van der Waals surface area contributed by atoms with Crippen LogP contribution in [0.3, 0.4) is 0 Å². The molecule has 6 nitrogen and oxygen atoms in total. The molecule has 0 radical (unpaired) electrons. The van der Waals surface area contributed by atoms with Crippen LogP contribution in [0.4, 0.5) is 0 Å². The molecule has 0 aliphatic carbocycles. The summed E-state index contributed by atoms with van der Waals surface area (Å²) >= 11 is 3.42. The van der Waals surface area contributed by atoms with Gasteiger partial charge in [-0.25, -0.2) is 0 Å². The minimum absolute atomic E-state index is 0.0814. The highest BCUT2D eigenvalue weighted by Crippen LogP contribution is 2.29. The monoisotopic (exact) mass is 530 g/mol. The molecule has 0 aliphatic rings. The number of carboxylic acids is 1. The highest BCUT2D eigenvalue weighted by Gasteiger charge is 2.15. The van der Waals surface area contributed by atoms with E-state index in [-0.39, 0.29) is 18.3 Å². The first-order chi connectivity index (χ1) is 16.5. The fraction of sp³-hybridized carbons (Fsp3) is 0.407. The van der Waals surface area contributed by atoms with E-state index in [1.54, 1.807) is 6.07 Å². The molecule has 0 saturated carbocycles. The molecule has 3 rings (SSSR count). The van der Waals surface area contributed by atoms with E-state index >= 15 is 0 Å². The molecular weight excluding hydrogens is 500 g/mol. The van der Waals surface area contributed by atoms with Crippen molar-refractivity contribution in [2.24, 2.45) is 0 Å². The summed E-state index contributed by atoms with van der Waals surface area (Å²) in [6.07, 6.45) is 5.69. The molecule has 1 heterocycles. The van der Waals surface area contributed by atoms with Crippen molar-refractivity contribution >= 4 is 32.9 Å². The number of benzene rings is 2. The van der Waals surface area contributed by atoms with E-state index in [0.29, 0.717) is 36.4 Å². The van der Waals surface area contributed by atoms with Crippen molar-refractivity contribution in [2.75, 3.05) is 13.2 Å². The van der Waals surface area contributed by atoms with Gasteiger partial charge in [0.25, 0.3) is 0 Å². The zero-order chi connectivity index (χ0) is 24.3. The van der Waals surface area contributed by atoms with Gasteiger partial charge in [0.2, 0.25) is 0 Å². The van der Waals surface area contributed by atoms with E-state index in [2.05, 4.69) is 22.9 Å². The van der Waals surface area contributed by atoms with Gasteiger partial charge in [0.05, 0.1) is 25.0 Å². The van der Waals surface area contributed by atoms with Gasteiger partial charge < -0.3 is 19.0 Å². The molecule has 182 valence electrons. The second-order valence-electron chi connectivity index (χ2n) is 8.20. The van der Waals surface area contributed by atoms with E-state index in [4.69, 9.17) is 19.0 Å². The minimum Gasteiger partial charge on any atom is -0.494 e. The number of hydrogen-bond acceptors (Lipinski definition) is 5. The van der Waals surface area contributed by atoms with Crippen LogP contribution in [0.15, 0.2) is 56.1 Å². The number of ether oxygens (including phenoxy) is 2. The topological polar surface area (TPSA) is 86.0 Å². The molecule has 34 heavy (non-hydrogen) atoms. The van der Waals surface area contributed by atoms with Crippen LogP contribution in [0.1, 0.15) is 56.8 Å². The zero-order valence-corrected chi connectivity index (χ0v) is 21.1. The summed E-state index contributed by atoms with van der Waals surface area (Å²) in [6, 6.07) is 12.8. The third-order valence-electron chi connectivity index (χ3n) is 5.47. The molecule has 0 spiro atoms. The number of fused-ring (bicyclic) bond motifs is 1. The first kappa shape index (κ1) is 25.8. The maximum absolute atomic E-state index is 12.5. The summed E-state index contributed by atoms with van der Waals surface area (Å²) in [4.78, 5) is 23.4. The molecule has 0 bridgehead atoms. The Labute approximate surface area is 208 Å². The predicted molar refractivity (Wildman–Crippen MR) is 136 cm³/mol. The van der Waals surface area contributed by atoms with Crippen molar-refractivity contribution in [3.63, 3.8) is 0 Å². The molecule has 0 aliphatic heterocycles. The van der Waals surface area contributed by atoms with Crippen molar-refractivity contribution in [2.45, 2.75) is 58.3 Å². The van der Waals surface area contributed by atoms with Gasteiger partial charge in [0.1, 0.15) is 22.8 Å². The fourth-order valence-electron chi connectivity index (χ4n) is 3.74. The Hall–Kier alpha value is -2.80. The van der Waals surface area contributed by atoms with Crippen LogP contribution in [-0.4, -0.2) is 24.3 Å². The summed E-state index contributed by atoms with van der Waals surface area (Å²) in [6.45, 7) is 3.33. The van der Waals surface area contributed by atoms with Gasteiger partial charge in [-0.1, -0.05) is 29.3 Å². The Balaban J connectivity index is 1.53. The number of carbonyl (C=O) groups is 1. The second-order valence-corrected chi connectivity index (χ2v) is 9.12. The van der Waals surface area contributed by atoms with Crippen molar-refractivity contribution < 1.29 is 23.8 Å². The first-order valence-corrected chi connectivity index (χ1v) is 12.6. The van der Waals surface area contributed by atoms with Gasteiger partial charge in [-0.3, -0.25) is 9.59 Å². The zero-order valence-electron chi connectivity index (χ0n) is 19.5. The molecule has 2 aromatic carbocycles. The van der Waals surface area contributed by atoms with Crippen molar-refractivity contribution in [1.29, 1.82) is 0 Å². The first-order valence-electron chi connectivity index (χ1n) is 11.8. The number of hydrogen-bond donors (Lipinski definition) is 1. The van der Waals surface area contributed by atoms with Crippen molar-refractivity contribution in [1.82, 2.24) is 0 Å². The molecule has 0 atom stereocenters. The van der Waals surface area contributed by atoms with Crippen molar-refractivity contribution in [3.8, 4) is 11.5 Å². The largest absolute Gasteiger partial charge is 0.494 e. The summed E-state index contributed by atoms with van der Waals surface area (Å²) in [5, 5.41) is 9.44. The Bertz CT molecular complexity index is 1140. The van der Waals surface area contributed by atoms with E-state index in [1.165, 1.54) is 6.07 Å². The van der Waals surface area contributed by atoms with E-state index < -0.39 is 5.97 Å². The summed E-state index contributed by atoms with van der Waals surface area (Å²) in [5.74, 6) is 1.07. The van der Waals surface area contributed by atoms with Crippen molar-refractivity contribution in [3.05, 3.63) is 68.5 Å². The van der Waals surface area contributed by atoms with Gasteiger partial charge in [0.15, 0.2) is 5.43 Å². The highest BCUT2D eigenvalue weighted by atomic mass is 79.9. The lowest BCUT2D eigenvalue weighted by Crippen LogP contribution is -2.07. The van der Waals surface area contributed by atoms with E-state index in [0.717, 1.165) is 53.6 Å². The Kier molecular flexibility index (Phi) is 10.0. The van der Waals surface area contributed by atoms with Crippen LogP contribution in [0.5, 0.6) is 11.5 Å². The molecular formula is C27H31BrO6. The SMILES string of the molecule is CCCc1c(OCCCCCCOc2ccc(Br)cc2)ccc2c(=O)cc(CCC(=O)O)oc12. The van der Waals surface area contributed by atoms with E-state index in [9.17, 15) is 9.59 Å². The molecule has 1 N–H and O–H groups in total. The van der Waals surface area contributed by atoms with Crippen LogP contribution < -0.4 is 14.9 Å². The summed E-state index contributed by atoms with van der Waals surface area (Å²) in [7, 11) is 0. The Morgan fingerprint density at radius 2 is 1.68 bits per heavy atom. The predicted octanol–water partition coefficient (Wildman–Crippen LogP) is 6.54. The fourth-order valence-corrected chi connectivity index (χ4v) is 4.01. The Morgan fingerprint density at radius 1 is 0.971 bits per heavy atom. The average Bonchev–Trinajstić information content (AvgIpc) is 2.82. The quantitative estimate of drug-likeness (QED) is 0.238. The van der Waals surface area contributed by atoms with Crippen LogP contribution in [-0.2, 0) is 17.6 Å². The molecule has 3 aromatic rings. The van der Waals surface area contributed by atoms with Gasteiger partial charge in [-0.2, -0.15) is 0 Å². The molecule has 0 unspecified atom stereocenters. The van der Waals surface area contributed by atoms with Gasteiger partial charge in [-0.15, -0.1) is 0 Å². The number of halogens is 1. The molecule has 0 amide bonds. The number of carboxylic acid groups (broad SMARTS) is 1. The average molecular weight is 531 g/mol. The van der Waals surface area contributed by atoms with Crippen LogP contribution >= 0.6 is 15.9 Å². The third-order valence-corrected chi connectivity index (χ3v) is 6.00. The van der Waals surface area contributed by atoms with Gasteiger partial charge >= 0.3 is 5.97 Å². The maximum Gasteiger partial charge on any atom is 0.303 e. The van der Waals surface area contributed by atoms with E-state index in [1.807, 2.05) is 30.3 Å². The van der Waals surface area contributed by atoms with Gasteiger partial charge in [-0.05, 0) is 68.5 Å². The molecule has 0 saturated heterocycles. The second kappa shape index (κ2) is 13.2. The smallest absolute Gasteiger partial charge is 0.303 e. The van der Waals surface area contributed by atoms with Crippen LogP contribution in [0.25, 0.3) is 11.0 Å². The number of aryl methyl sites for hydroxylation is 2. The summed E-state index contributed by atoms with van der Waals surface area (Å²) < 4.78 is 18.8. The number of unbranched alkanes of at least 4 members (excludes halogenated alkanes) is 3.